The van der Waals surface area contributed by atoms with Gasteiger partial charge in [0.1, 0.15) is 0 Å². The topological polar surface area (TPSA) is 59.2 Å². The zero-order chi connectivity index (χ0) is 16.9. The fourth-order valence-electron chi connectivity index (χ4n) is 2.69. The maximum atomic E-state index is 12.9. The summed E-state index contributed by atoms with van der Waals surface area (Å²) in [4.78, 5) is 27.6. The van der Waals surface area contributed by atoms with E-state index in [2.05, 4.69) is 4.98 Å². The van der Waals surface area contributed by atoms with Crippen LogP contribution in [0.1, 0.15) is 37.4 Å². The summed E-state index contributed by atoms with van der Waals surface area (Å²) in [7, 11) is 1.30. The van der Waals surface area contributed by atoms with Crippen LogP contribution < -0.4 is 0 Å². The molecule has 1 heterocycles. The summed E-state index contributed by atoms with van der Waals surface area (Å²) in [5.74, 6) is -0.719. The van der Waals surface area contributed by atoms with E-state index in [0.717, 1.165) is 11.1 Å². The van der Waals surface area contributed by atoms with Crippen molar-refractivity contribution in [3.8, 4) is 0 Å². The molecule has 0 aliphatic heterocycles. The predicted octanol–water partition coefficient (Wildman–Crippen LogP) is 3.62. The van der Waals surface area contributed by atoms with E-state index in [0.29, 0.717) is 17.5 Å². The molecular weight excluding hydrogens is 302 g/mol. The van der Waals surface area contributed by atoms with E-state index >= 15 is 0 Å². The molecule has 0 fully saturated rings. The lowest BCUT2D eigenvalue weighted by atomic mass is 9.94. The quantitative estimate of drug-likeness (QED) is 0.577. The van der Waals surface area contributed by atoms with Crippen molar-refractivity contribution in [1.29, 1.82) is 0 Å². The van der Waals surface area contributed by atoms with Gasteiger partial charge in [0, 0.05) is 18.0 Å². The predicted molar refractivity (Wildman–Crippen MR) is 91.3 cm³/mol. The summed E-state index contributed by atoms with van der Waals surface area (Å²) < 4.78 is 4.74. The molecule has 0 spiro atoms. The molecule has 0 atom stereocenters. The summed E-state index contributed by atoms with van der Waals surface area (Å²) in [5, 5.41) is 0. The summed E-state index contributed by atoms with van der Waals surface area (Å²) >= 11 is 0. The van der Waals surface area contributed by atoms with Crippen LogP contribution in [-0.4, -0.2) is 23.8 Å². The number of hydrogen-bond donors (Lipinski definition) is 1. The Morgan fingerprint density at radius 1 is 0.875 bits per heavy atom. The summed E-state index contributed by atoms with van der Waals surface area (Å²) in [6, 6.07) is 17.4. The molecule has 120 valence electrons. The molecule has 4 heteroatoms. The number of hydrogen-bond acceptors (Lipinski definition) is 3. The summed E-state index contributed by atoms with van der Waals surface area (Å²) in [5.41, 5.74) is 3.20. The SMILES string of the molecule is COC(=O)c1c[nH]cc1C(=O)c1ccccc1Cc1ccccc1. The number of ether oxygens (including phenoxy) is 1. The minimum atomic E-state index is -0.528. The molecular formula is C20H17NO3. The van der Waals surface area contributed by atoms with E-state index < -0.39 is 5.97 Å². The Morgan fingerprint density at radius 3 is 2.29 bits per heavy atom. The van der Waals surface area contributed by atoms with Gasteiger partial charge in [-0.3, -0.25) is 4.79 Å². The average Bonchev–Trinajstić information content (AvgIpc) is 3.11. The number of carbonyl (C=O) groups excluding carboxylic acids is 2. The normalized spacial score (nSPS) is 10.4. The molecule has 0 aliphatic rings. The highest BCUT2D eigenvalue weighted by molar-refractivity contribution is 6.15. The van der Waals surface area contributed by atoms with E-state index in [-0.39, 0.29) is 11.3 Å². The lowest BCUT2D eigenvalue weighted by Gasteiger charge is -2.09. The molecule has 1 aromatic heterocycles. The molecule has 1 N–H and O–H groups in total. The first kappa shape index (κ1) is 15.7. The Morgan fingerprint density at radius 2 is 1.54 bits per heavy atom. The molecule has 3 aromatic rings. The van der Waals surface area contributed by atoms with Crippen molar-refractivity contribution in [2.75, 3.05) is 7.11 Å². The van der Waals surface area contributed by atoms with Gasteiger partial charge in [-0.15, -0.1) is 0 Å². The lowest BCUT2D eigenvalue weighted by Crippen LogP contribution is -2.11. The molecule has 4 nitrogen and oxygen atoms in total. The van der Waals surface area contributed by atoms with Gasteiger partial charge in [0.25, 0.3) is 0 Å². The molecule has 24 heavy (non-hydrogen) atoms. The van der Waals surface area contributed by atoms with Crippen LogP contribution in [0.3, 0.4) is 0 Å². The van der Waals surface area contributed by atoms with Crippen molar-refractivity contribution in [1.82, 2.24) is 4.98 Å². The molecule has 0 bridgehead atoms. The van der Waals surface area contributed by atoms with Gasteiger partial charge in [0.2, 0.25) is 0 Å². The lowest BCUT2D eigenvalue weighted by molar-refractivity contribution is 0.0598. The third-order valence-corrected chi connectivity index (χ3v) is 3.89. The van der Waals surface area contributed by atoms with E-state index in [9.17, 15) is 9.59 Å². The summed E-state index contributed by atoms with van der Waals surface area (Å²) in [6.07, 6.45) is 3.67. The molecule has 0 aliphatic carbocycles. The second-order valence-electron chi connectivity index (χ2n) is 5.42. The Balaban J connectivity index is 1.97. The van der Waals surface area contributed by atoms with Crippen LogP contribution in [0.4, 0.5) is 0 Å². The van der Waals surface area contributed by atoms with Crippen LogP contribution in [0.15, 0.2) is 67.0 Å². The Bertz CT molecular complexity index is 865. The number of aromatic amines is 1. The van der Waals surface area contributed by atoms with Crippen LogP contribution in [0.5, 0.6) is 0 Å². The molecule has 0 amide bonds. The van der Waals surface area contributed by atoms with Crippen molar-refractivity contribution >= 4 is 11.8 Å². The summed E-state index contributed by atoms with van der Waals surface area (Å²) in [6.45, 7) is 0. The maximum Gasteiger partial charge on any atom is 0.340 e. The first-order chi connectivity index (χ1) is 11.7. The standard InChI is InChI=1S/C20H17NO3/c1-24-20(23)18-13-21-12-17(18)19(22)16-10-6-5-9-15(16)11-14-7-3-2-4-8-14/h2-10,12-13,21H,11H2,1H3. The first-order valence-corrected chi connectivity index (χ1v) is 7.62. The van der Waals surface area contributed by atoms with E-state index in [1.54, 1.807) is 6.07 Å². The van der Waals surface area contributed by atoms with Gasteiger partial charge in [0.15, 0.2) is 5.78 Å². The van der Waals surface area contributed by atoms with Gasteiger partial charge in [-0.05, 0) is 17.5 Å². The van der Waals surface area contributed by atoms with Gasteiger partial charge in [0.05, 0.1) is 18.2 Å². The van der Waals surface area contributed by atoms with E-state index in [1.807, 2.05) is 48.5 Å². The van der Waals surface area contributed by atoms with Crippen molar-refractivity contribution in [2.45, 2.75) is 6.42 Å². The highest BCUT2D eigenvalue weighted by Crippen LogP contribution is 2.20. The molecule has 0 saturated heterocycles. The Kier molecular flexibility index (Phi) is 4.57. The number of H-pyrrole nitrogens is 1. The minimum absolute atomic E-state index is 0.191. The van der Waals surface area contributed by atoms with Crippen molar-refractivity contribution in [3.05, 3.63) is 94.8 Å². The van der Waals surface area contributed by atoms with Gasteiger partial charge in [-0.1, -0.05) is 54.6 Å². The molecule has 0 radical (unpaired) electrons. The van der Waals surface area contributed by atoms with Crippen molar-refractivity contribution < 1.29 is 14.3 Å². The number of nitrogens with one attached hydrogen (secondary N) is 1. The number of aromatic nitrogens is 1. The van der Waals surface area contributed by atoms with Crippen molar-refractivity contribution in [2.24, 2.45) is 0 Å². The van der Waals surface area contributed by atoms with E-state index in [4.69, 9.17) is 4.74 Å². The second kappa shape index (κ2) is 6.96. The van der Waals surface area contributed by atoms with Crippen LogP contribution in [0.2, 0.25) is 0 Å². The minimum Gasteiger partial charge on any atom is -0.465 e. The van der Waals surface area contributed by atoms with E-state index in [1.165, 1.54) is 19.5 Å². The number of rotatable bonds is 5. The van der Waals surface area contributed by atoms with Gasteiger partial charge >= 0.3 is 5.97 Å². The van der Waals surface area contributed by atoms with Gasteiger partial charge < -0.3 is 9.72 Å². The van der Waals surface area contributed by atoms with Crippen molar-refractivity contribution in [3.63, 3.8) is 0 Å². The van der Waals surface area contributed by atoms with Crippen LogP contribution in [0.25, 0.3) is 0 Å². The van der Waals surface area contributed by atoms with Crippen LogP contribution >= 0.6 is 0 Å². The fourth-order valence-corrected chi connectivity index (χ4v) is 2.69. The number of esters is 1. The van der Waals surface area contributed by atoms with Crippen LogP contribution in [-0.2, 0) is 11.2 Å². The maximum absolute atomic E-state index is 12.9. The second-order valence-corrected chi connectivity index (χ2v) is 5.42. The monoisotopic (exact) mass is 319 g/mol. The van der Waals surface area contributed by atoms with Gasteiger partial charge in [-0.25, -0.2) is 4.79 Å². The smallest absolute Gasteiger partial charge is 0.340 e. The number of carbonyl (C=O) groups is 2. The Labute approximate surface area is 140 Å². The third kappa shape index (κ3) is 3.13. The highest BCUT2D eigenvalue weighted by atomic mass is 16.5. The van der Waals surface area contributed by atoms with Gasteiger partial charge in [-0.2, -0.15) is 0 Å². The zero-order valence-corrected chi connectivity index (χ0v) is 13.3. The number of ketones is 1. The number of methoxy groups -OCH3 is 1. The molecule has 0 unspecified atom stereocenters. The molecule has 3 rings (SSSR count). The van der Waals surface area contributed by atoms with Crippen LogP contribution in [0, 0.1) is 0 Å². The first-order valence-electron chi connectivity index (χ1n) is 7.62. The fraction of sp³-hybridized carbons (Fsp3) is 0.100. The zero-order valence-electron chi connectivity index (χ0n) is 13.3. The Hall–Kier alpha value is -3.14. The molecule has 2 aromatic carbocycles. The average molecular weight is 319 g/mol. The number of benzene rings is 2. The highest BCUT2D eigenvalue weighted by Gasteiger charge is 2.21. The third-order valence-electron chi connectivity index (χ3n) is 3.89. The largest absolute Gasteiger partial charge is 0.465 e. The molecule has 0 saturated carbocycles.